The summed E-state index contributed by atoms with van der Waals surface area (Å²) in [4.78, 5) is 15.0. The summed E-state index contributed by atoms with van der Waals surface area (Å²) in [6.07, 6.45) is -3.75. The molecule has 1 aliphatic rings. The average Bonchev–Trinajstić information content (AvgIpc) is 2.28. The smallest absolute Gasteiger partial charge is 0.351 e. The van der Waals surface area contributed by atoms with Crippen LogP contribution >= 0.6 is 0 Å². The second-order valence-electron chi connectivity index (χ2n) is 3.81. The average molecular weight is 243 g/mol. The summed E-state index contributed by atoms with van der Waals surface area (Å²) in [7, 11) is 0. The predicted molar refractivity (Wildman–Crippen MR) is 55.9 cm³/mol. The quantitative estimate of drug-likeness (QED) is 0.426. The van der Waals surface area contributed by atoms with E-state index in [1.54, 1.807) is 0 Å². The second-order valence-corrected chi connectivity index (χ2v) is 3.81. The fourth-order valence-corrected chi connectivity index (χ4v) is 1.66. The van der Waals surface area contributed by atoms with E-state index in [4.69, 9.17) is 10.5 Å². The Kier molecular flexibility index (Phi) is 3.11. The number of hydrogen-bond acceptors (Lipinski definition) is 7. The van der Waals surface area contributed by atoms with Crippen LogP contribution in [0.1, 0.15) is 6.23 Å². The number of ether oxygens (including phenoxy) is 1. The molecule has 0 saturated carbocycles. The molecule has 0 spiro atoms. The molecular formula is C9H13N3O5. The lowest BCUT2D eigenvalue weighted by molar-refractivity contribution is -0.212. The van der Waals surface area contributed by atoms with Crippen molar-refractivity contribution in [1.29, 1.82) is 0 Å². The number of anilines is 1. The maximum Gasteiger partial charge on any atom is 0.351 e. The summed E-state index contributed by atoms with van der Waals surface area (Å²) < 4.78 is 6.11. The zero-order valence-electron chi connectivity index (χ0n) is 8.80. The van der Waals surface area contributed by atoms with Gasteiger partial charge in [0.2, 0.25) is 0 Å². The Morgan fingerprint density at radius 2 is 2.12 bits per heavy atom. The van der Waals surface area contributed by atoms with E-state index in [0.29, 0.717) is 0 Å². The number of nitrogens with two attached hydrogens (primary N) is 1. The zero-order valence-corrected chi connectivity index (χ0v) is 8.80. The van der Waals surface area contributed by atoms with Crippen molar-refractivity contribution in [3.05, 3.63) is 22.7 Å². The van der Waals surface area contributed by atoms with Gasteiger partial charge < -0.3 is 25.8 Å². The van der Waals surface area contributed by atoms with Gasteiger partial charge in [0.25, 0.3) is 0 Å². The number of nitrogen functional groups attached to an aromatic ring is 1. The molecule has 4 atom stereocenters. The SMILES string of the molecule is Nc1ccn([C@@H]2OC[C@@H](O)[C@H](O)[C@H]2O)c(=O)n1. The molecule has 1 aliphatic heterocycles. The fraction of sp³-hybridized carbons (Fsp3) is 0.556. The highest BCUT2D eigenvalue weighted by Crippen LogP contribution is 2.22. The summed E-state index contributed by atoms with van der Waals surface area (Å²) in [6.45, 7) is -0.181. The van der Waals surface area contributed by atoms with Crippen molar-refractivity contribution in [2.24, 2.45) is 0 Å². The Hall–Kier alpha value is -1.48. The standard InChI is InChI=1S/C9H13N3O5/c10-5-1-2-12(9(16)11-5)8-7(15)6(14)4(13)3-17-8/h1-2,4,6-8,13-15H,3H2,(H2,10,11,16)/t4-,6+,7-,8-/m1/s1. The Balaban J connectivity index is 2.31. The number of hydrogen-bond donors (Lipinski definition) is 4. The molecule has 1 aromatic rings. The molecule has 1 fully saturated rings. The van der Waals surface area contributed by atoms with Crippen LogP contribution in [0.25, 0.3) is 0 Å². The van der Waals surface area contributed by atoms with E-state index in [1.807, 2.05) is 0 Å². The van der Waals surface area contributed by atoms with E-state index in [-0.39, 0.29) is 12.4 Å². The van der Waals surface area contributed by atoms with Gasteiger partial charge in [-0.2, -0.15) is 4.98 Å². The van der Waals surface area contributed by atoms with Crippen molar-refractivity contribution >= 4 is 5.82 Å². The molecule has 0 bridgehead atoms. The van der Waals surface area contributed by atoms with E-state index in [0.717, 1.165) is 4.57 Å². The van der Waals surface area contributed by atoms with Crippen LogP contribution in [0.5, 0.6) is 0 Å². The van der Waals surface area contributed by atoms with Gasteiger partial charge in [0.05, 0.1) is 6.61 Å². The van der Waals surface area contributed by atoms with Gasteiger partial charge in [0, 0.05) is 6.20 Å². The molecule has 5 N–H and O–H groups in total. The number of nitrogens with zero attached hydrogens (tertiary/aromatic N) is 2. The molecule has 0 aliphatic carbocycles. The third kappa shape index (κ3) is 2.15. The Morgan fingerprint density at radius 3 is 2.76 bits per heavy atom. The molecule has 94 valence electrons. The monoisotopic (exact) mass is 243 g/mol. The summed E-state index contributed by atoms with van der Waals surface area (Å²) in [5.41, 5.74) is 4.63. The van der Waals surface area contributed by atoms with E-state index in [9.17, 15) is 20.1 Å². The molecule has 0 amide bonds. The first-order chi connectivity index (χ1) is 8.00. The molecule has 1 aromatic heterocycles. The van der Waals surface area contributed by atoms with Crippen molar-refractivity contribution in [3.63, 3.8) is 0 Å². The van der Waals surface area contributed by atoms with Crippen LogP contribution in [0.15, 0.2) is 17.1 Å². The number of aliphatic hydroxyl groups is 3. The minimum absolute atomic E-state index is 0.0529. The molecule has 8 heteroatoms. The molecular weight excluding hydrogens is 230 g/mol. The van der Waals surface area contributed by atoms with Crippen LogP contribution in [0.4, 0.5) is 5.82 Å². The van der Waals surface area contributed by atoms with Crippen LogP contribution in [-0.2, 0) is 4.74 Å². The lowest BCUT2D eigenvalue weighted by Crippen LogP contribution is -2.52. The molecule has 0 unspecified atom stereocenters. The van der Waals surface area contributed by atoms with E-state index in [1.165, 1.54) is 12.3 Å². The van der Waals surface area contributed by atoms with Gasteiger partial charge in [-0.3, -0.25) is 4.57 Å². The maximum absolute atomic E-state index is 11.5. The lowest BCUT2D eigenvalue weighted by Gasteiger charge is -2.35. The second kappa shape index (κ2) is 4.41. The van der Waals surface area contributed by atoms with Crippen molar-refractivity contribution in [2.45, 2.75) is 24.5 Å². The Bertz CT molecular complexity index is 462. The normalized spacial score (nSPS) is 33.6. The topological polar surface area (TPSA) is 131 Å². The van der Waals surface area contributed by atoms with Gasteiger partial charge in [-0.1, -0.05) is 0 Å². The molecule has 17 heavy (non-hydrogen) atoms. The third-order valence-corrected chi connectivity index (χ3v) is 2.60. The van der Waals surface area contributed by atoms with E-state index in [2.05, 4.69) is 4.98 Å². The van der Waals surface area contributed by atoms with Crippen molar-refractivity contribution in [1.82, 2.24) is 9.55 Å². The number of aromatic nitrogens is 2. The number of rotatable bonds is 1. The largest absolute Gasteiger partial charge is 0.388 e. The van der Waals surface area contributed by atoms with Gasteiger partial charge in [-0.15, -0.1) is 0 Å². The van der Waals surface area contributed by atoms with Crippen LogP contribution < -0.4 is 11.4 Å². The highest BCUT2D eigenvalue weighted by Gasteiger charge is 2.38. The van der Waals surface area contributed by atoms with Crippen molar-refractivity contribution < 1.29 is 20.1 Å². The van der Waals surface area contributed by atoms with Crippen molar-refractivity contribution in [2.75, 3.05) is 12.3 Å². The first-order valence-corrected chi connectivity index (χ1v) is 5.01. The number of aliphatic hydroxyl groups excluding tert-OH is 3. The molecule has 2 rings (SSSR count). The van der Waals surface area contributed by atoms with Crippen LogP contribution in [0.3, 0.4) is 0 Å². The minimum Gasteiger partial charge on any atom is -0.388 e. The fourth-order valence-electron chi connectivity index (χ4n) is 1.66. The van der Waals surface area contributed by atoms with Gasteiger partial charge in [0.1, 0.15) is 24.1 Å². The Labute approximate surface area is 95.9 Å². The van der Waals surface area contributed by atoms with Gasteiger partial charge >= 0.3 is 5.69 Å². The Morgan fingerprint density at radius 1 is 1.41 bits per heavy atom. The van der Waals surface area contributed by atoms with Gasteiger partial charge in [0.15, 0.2) is 6.23 Å². The summed E-state index contributed by atoms with van der Waals surface area (Å²) in [5.74, 6) is 0.0529. The summed E-state index contributed by atoms with van der Waals surface area (Å²) >= 11 is 0. The highest BCUT2D eigenvalue weighted by atomic mass is 16.5. The van der Waals surface area contributed by atoms with Crippen LogP contribution in [-0.4, -0.2) is 49.8 Å². The van der Waals surface area contributed by atoms with Crippen molar-refractivity contribution in [3.8, 4) is 0 Å². The van der Waals surface area contributed by atoms with Gasteiger partial charge in [-0.25, -0.2) is 4.79 Å². The van der Waals surface area contributed by atoms with Crippen LogP contribution in [0.2, 0.25) is 0 Å². The first kappa shape index (κ1) is 12.0. The first-order valence-electron chi connectivity index (χ1n) is 5.01. The van der Waals surface area contributed by atoms with Crippen LogP contribution in [0, 0.1) is 0 Å². The summed E-state index contributed by atoms with van der Waals surface area (Å²) in [6, 6.07) is 1.37. The van der Waals surface area contributed by atoms with Gasteiger partial charge in [-0.05, 0) is 6.07 Å². The molecule has 8 nitrogen and oxygen atoms in total. The maximum atomic E-state index is 11.5. The lowest BCUT2D eigenvalue weighted by atomic mass is 10.0. The third-order valence-electron chi connectivity index (χ3n) is 2.60. The molecule has 1 saturated heterocycles. The minimum atomic E-state index is -1.41. The van der Waals surface area contributed by atoms with E-state index < -0.39 is 30.2 Å². The zero-order chi connectivity index (χ0) is 12.6. The van der Waals surface area contributed by atoms with E-state index >= 15 is 0 Å². The highest BCUT2D eigenvalue weighted by molar-refractivity contribution is 5.23. The molecule has 0 radical (unpaired) electrons. The molecule has 2 heterocycles. The predicted octanol–water partition coefficient (Wildman–Crippen LogP) is -2.56. The summed E-state index contributed by atoms with van der Waals surface area (Å²) in [5, 5.41) is 28.5. The molecule has 0 aromatic carbocycles.